The number of hydrogen-bond donors (Lipinski definition) is 2. The van der Waals surface area contributed by atoms with Crippen LogP contribution in [0.2, 0.25) is 0 Å². The summed E-state index contributed by atoms with van der Waals surface area (Å²) in [5, 5.41) is 10.5. The molecular formula is C10H9F4N3O2S. The molecule has 0 aliphatic rings. The number of alkyl halides is 4. The number of nitrogens with one attached hydrogen (secondary N) is 1. The molecule has 1 heterocycles. The molecule has 20 heavy (non-hydrogen) atoms. The number of anilines is 2. The first-order chi connectivity index (χ1) is 9.24. The van der Waals surface area contributed by atoms with Gasteiger partial charge in [0.25, 0.3) is 0 Å². The van der Waals surface area contributed by atoms with Gasteiger partial charge < -0.3 is 15.8 Å². The predicted molar refractivity (Wildman–Crippen MR) is 64.2 cm³/mol. The Balaban J connectivity index is 3.07. The third-order valence-corrected chi connectivity index (χ3v) is 3.31. The first-order valence-corrected chi connectivity index (χ1v) is 5.86. The van der Waals surface area contributed by atoms with Crippen LogP contribution in [0.25, 0.3) is 0 Å². The molecule has 10 heteroatoms. The number of nitrogen functional groups attached to an aromatic ring is 1. The van der Waals surface area contributed by atoms with E-state index in [9.17, 15) is 22.4 Å². The Morgan fingerprint density at radius 1 is 1.60 bits per heavy atom. The van der Waals surface area contributed by atoms with E-state index >= 15 is 0 Å². The first kappa shape index (κ1) is 16.0. The van der Waals surface area contributed by atoms with Gasteiger partial charge in [0.2, 0.25) is 0 Å². The van der Waals surface area contributed by atoms with Crippen LogP contribution in [0.4, 0.5) is 28.3 Å². The van der Waals surface area contributed by atoms with Gasteiger partial charge in [0.05, 0.1) is 19.3 Å². The number of carbonyl (C=O) groups excluding carboxylic acids is 1. The van der Waals surface area contributed by atoms with Crippen molar-refractivity contribution in [2.45, 2.75) is 12.3 Å². The Bertz CT molecular complexity index is 553. The summed E-state index contributed by atoms with van der Waals surface area (Å²) in [7, 11) is 1.03. The van der Waals surface area contributed by atoms with Gasteiger partial charge in [-0.05, 0) is 0 Å². The smallest absolute Gasteiger partial charge is 0.343 e. The van der Waals surface area contributed by atoms with E-state index in [1.807, 2.05) is 5.32 Å². The van der Waals surface area contributed by atoms with Crippen LogP contribution in [0.5, 0.6) is 0 Å². The molecule has 0 amide bonds. The molecule has 0 atom stereocenters. The number of halogens is 4. The lowest BCUT2D eigenvalue weighted by atomic mass is 10.2. The molecule has 1 aromatic heterocycles. The molecule has 0 bridgehead atoms. The normalized spacial score (nSPS) is 11.2. The van der Waals surface area contributed by atoms with Crippen molar-refractivity contribution in [2.75, 3.05) is 24.7 Å². The van der Waals surface area contributed by atoms with Crippen LogP contribution in [0.3, 0.4) is 0 Å². The van der Waals surface area contributed by atoms with Crippen molar-refractivity contribution in [3.05, 3.63) is 10.4 Å². The lowest BCUT2D eigenvalue weighted by molar-refractivity contribution is -0.117. The quantitative estimate of drug-likeness (QED) is 0.643. The van der Waals surface area contributed by atoms with Crippen molar-refractivity contribution in [3.8, 4) is 6.07 Å². The van der Waals surface area contributed by atoms with E-state index in [0.29, 0.717) is 11.3 Å². The summed E-state index contributed by atoms with van der Waals surface area (Å²) in [4.78, 5) is 11.4. The lowest BCUT2D eigenvalue weighted by Gasteiger charge is -2.16. The van der Waals surface area contributed by atoms with Gasteiger partial charge in [-0.3, -0.25) is 0 Å². The average Bonchev–Trinajstić information content (AvgIpc) is 2.71. The van der Waals surface area contributed by atoms with Crippen LogP contribution < -0.4 is 11.1 Å². The number of thiophene rings is 1. The highest BCUT2D eigenvalue weighted by molar-refractivity contribution is 7.17. The highest BCUT2D eigenvalue weighted by Crippen LogP contribution is 2.36. The van der Waals surface area contributed by atoms with Crippen LogP contribution >= 0.6 is 11.3 Å². The Morgan fingerprint density at radius 2 is 2.20 bits per heavy atom. The molecule has 1 aromatic rings. The zero-order valence-corrected chi connectivity index (χ0v) is 10.9. The van der Waals surface area contributed by atoms with Crippen LogP contribution in [-0.4, -0.2) is 32.0 Å². The summed E-state index contributed by atoms with van der Waals surface area (Å²) in [5.74, 6) is -5.23. The van der Waals surface area contributed by atoms with Crippen LogP contribution in [0.15, 0.2) is 0 Å². The number of nitrogens with zero attached hydrogens (tertiary/aromatic N) is 1. The Hall–Kier alpha value is -2.02. The van der Waals surface area contributed by atoms with E-state index in [1.165, 1.54) is 0 Å². The summed E-state index contributed by atoms with van der Waals surface area (Å²) in [6.07, 6.45) is -3.86. The van der Waals surface area contributed by atoms with E-state index in [-0.39, 0.29) is 21.1 Å². The highest BCUT2D eigenvalue weighted by atomic mass is 32.1. The first-order valence-electron chi connectivity index (χ1n) is 5.05. The second-order valence-corrected chi connectivity index (χ2v) is 4.59. The summed E-state index contributed by atoms with van der Waals surface area (Å²) >= 11 is 0.606. The predicted octanol–water partition coefficient (Wildman–Crippen LogP) is 2.30. The number of esters is 1. The van der Waals surface area contributed by atoms with Crippen molar-refractivity contribution >= 4 is 28.0 Å². The molecule has 0 aromatic carbocycles. The molecule has 0 radical (unpaired) electrons. The van der Waals surface area contributed by atoms with Crippen LogP contribution in [0, 0.1) is 11.3 Å². The second kappa shape index (κ2) is 5.96. The Labute approximate surface area is 114 Å². The molecule has 110 valence electrons. The van der Waals surface area contributed by atoms with Gasteiger partial charge in [0.15, 0.2) is 0 Å². The van der Waals surface area contributed by atoms with Crippen molar-refractivity contribution in [3.63, 3.8) is 0 Å². The zero-order valence-electron chi connectivity index (χ0n) is 10.0. The Kier molecular flexibility index (Phi) is 4.78. The number of nitriles is 1. The second-order valence-electron chi connectivity index (χ2n) is 3.57. The van der Waals surface area contributed by atoms with E-state index in [1.54, 1.807) is 6.07 Å². The molecular weight excluding hydrogens is 302 g/mol. The summed E-state index contributed by atoms with van der Waals surface area (Å²) in [5.41, 5.74) is 4.94. The monoisotopic (exact) mass is 311 g/mol. The maximum Gasteiger partial charge on any atom is 0.343 e. The zero-order chi connectivity index (χ0) is 15.5. The van der Waals surface area contributed by atoms with Crippen LogP contribution in [-0.2, 0) is 4.74 Å². The van der Waals surface area contributed by atoms with Gasteiger partial charge in [-0.2, -0.15) is 14.0 Å². The minimum absolute atomic E-state index is 0.103. The molecule has 0 aliphatic heterocycles. The fourth-order valence-electron chi connectivity index (χ4n) is 1.23. The Morgan fingerprint density at radius 3 is 2.65 bits per heavy atom. The molecule has 0 saturated heterocycles. The standard InChI is InChI=1S/C10H9F4N3O2S/c1-19-8(18)5-6(16)4(2-15)20-7(5)17-3-10(13,14)9(11)12/h9,17H,3,16H2,1H3. The van der Waals surface area contributed by atoms with Crippen molar-refractivity contribution in [2.24, 2.45) is 0 Å². The minimum Gasteiger partial charge on any atom is -0.465 e. The number of hydrogen-bond acceptors (Lipinski definition) is 6. The number of nitrogens with two attached hydrogens (primary N) is 1. The fourth-order valence-corrected chi connectivity index (χ4v) is 2.13. The minimum atomic E-state index is -4.28. The molecule has 0 unspecified atom stereocenters. The molecule has 0 fully saturated rings. The van der Waals surface area contributed by atoms with Gasteiger partial charge in [-0.15, -0.1) is 11.3 Å². The van der Waals surface area contributed by atoms with Crippen molar-refractivity contribution < 1.29 is 27.1 Å². The number of carbonyl (C=O) groups is 1. The number of ether oxygens (including phenoxy) is 1. The van der Waals surface area contributed by atoms with E-state index in [0.717, 1.165) is 7.11 Å². The summed E-state index contributed by atoms with van der Waals surface area (Å²) in [6, 6.07) is 1.67. The van der Waals surface area contributed by atoms with Gasteiger partial charge in [0.1, 0.15) is 21.5 Å². The topological polar surface area (TPSA) is 88.1 Å². The summed E-state index contributed by atoms with van der Waals surface area (Å²) < 4.78 is 54.1. The third-order valence-electron chi connectivity index (χ3n) is 2.24. The maximum atomic E-state index is 12.8. The van der Waals surface area contributed by atoms with Gasteiger partial charge in [-0.25, -0.2) is 13.6 Å². The molecule has 5 nitrogen and oxygen atoms in total. The van der Waals surface area contributed by atoms with E-state index in [2.05, 4.69) is 4.74 Å². The maximum absolute atomic E-state index is 12.8. The van der Waals surface area contributed by atoms with Gasteiger partial charge >= 0.3 is 18.3 Å². The lowest BCUT2D eigenvalue weighted by Crippen LogP contribution is -2.34. The van der Waals surface area contributed by atoms with E-state index < -0.39 is 24.9 Å². The van der Waals surface area contributed by atoms with Gasteiger partial charge in [0, 0.05) is 0 Å². The summed E-state index contributed by atoms with van der Waals surface area (Å²) in [6.45, 7) is -1.40. The molecule has 0 saturated carbocycles. The fraction of sp³-hybridized carbons (Fsp3) is 0.400. The molecule has 0 spiro atoms. The third kappa shape index (κ3) is 3.11. The largest absolute Gasteiger partial charge is 0.465 e. The van der Waals surface area contributed by atoms with Crippen molar-refractivity contribution in [1.82, 2.24) is 0 Å². The number of methoxy groups -OCH3 is 1. The highest BCUT2D eigenvalue weighted by Gasteiger charge is 2.41. The average molecular weight is 311 g/mol. The van der Waals surface area contributed by atoms with Crippen molar-refractivity contribution in [1.29, 1.82) is 5.26 Å². The van der Waals surface area contributed by atoms with Crippen LogP contribution in [0.1, 0.15) is 15.2 Å². The number of rotatable bonds is 5. The van der Waals surface area contributed by atoms with Gasteiger partial charge in [-0.1, -0.05) is 0 Å². The molecule has 0 aliphatic carbocycles. The SMILES string of the molecule is COC(=O)c1c(NCC(F)(F)C(F)F)sc(C#N)c1N. The molecule has 3 N–H and O–H groups in total. The molecule has 1 rings (SSSR count). The van der Waals surface area contributed by atoms with E-state index in [4.69, 9.17) is 11.0 Å².